The smallest absolute Gasteiger partial charge is 0.137 e. The Morgan fingerprint density at radius 1 is 1.05 bits per heavy atom. The topological polar surface area (TPSA) is 35.0 Å². The molecule has 1 aromatic carbocycles. The fourth-order valence-corrected chi connectivity index (χ4v) is 2.23. The van der Waals surface area contributed by atoms with Crippen LogP contribution in [0.3, 0.4) is 0 Å². The Morgan fingerprint density at radius 2 is 1.89 bits per heavy atom. The van der Waals surface area contributed by atoms with Crippen molar-refractivity contribution in [2.24, 2.45) is 0 Å². The number of nitrogens with zero attached hydrogens (tertiary/aromatic N) is 2. The Morgan fingerprint density at radius 3 is 2.74 bits per heavy atom. The molecule has 3 aromatic rings. The lowest BCUT2D eigenvalue weighted by molar-refractivity contribution is 0.414. The number of rotatable bonds is 2. The molecule has 0 aliphatic rings. The van der Waals surface area contributed by atoms with Gasteiger partial charge in [-0.1, -0.05) is 35.9 Å². The highest BCUT2D eigenvalue weighted by molar-refractivity contribution is 6.34. The third kappa shape index (κ3) is 2.25. The van der Waals surface area contributed by atoms with Gasteiger partial charge in [-0.25, -0.2) is 4.98 Å². The standard InChI is InChI=1S/C15H11ClN2O/c1-19-11-6-7-17-13(9-11)14-8-10-4-2-3-5-12(10)15(16)18-14/h2-9H,1H3. The fourth-order valence-electron chi connectivity index (χ4n) is 1.97. The van der Waals surface area contributed by atoms with E-state index in [1.54, 1.807) is 19.4 Å². The van der Waals surface area contributed by atoms with E-state index in [1.807, 2.05) is 36.4 Å². The number of benzene rings is 1. The van der Waals surface area contributed by atoms with Crippen LogP contribution in [0.2, 0.25) is 5.15 Å². The van der Waals surface area contributed by atoms with Crippen molar-refractivity contribution < 1.29 is 4.74 Å². The van der Waals surface area contributed by atoms with Crippen LogP contribution in [-0.4, -0.2) is 17.1 Å². The Balaban J connectivity index is 2.19. The molecule has 0 fully saturated rings. The lowest BCUT2D eigenvalue weighted by atomic mass is 10.1. The number of fused-ring (bicyclic) bond motifs is 1. The largest absolute Gasteiger partial charge is 0.497 e. The van der Waals surface area contributed by atoms with E-state index in [0.29, 0.717) is 5.15 Å². The number of halogens is 1. The van der Waals surface area contributed by atoms with Crippen molar-refractivity contribution in [3.8, 4) is 17.1 Å². The van der Waals surface area contributed by atoms with Gasteiger partial charge in [0.1, 0.15) is 10.9 Å². The number of ether oxygens (including phenoxy) is 1. The highest BCUT2D eigenvalue weighted by Crippen LogP contribution is 2.27. The average molecular weight is 271 g/mol. The van der Waals surface area contributed by atoms with E-state index in [9.17, 15) is 0 Å². The summed E-state index contributed by atoms with van der Waals surface area (Å²) >= 11 is 6.22. The zero-order valence-electron chi connectivity index (χ0n) is 10.3. The molecule has 0 spiro atoms. The number of methoxy groups -OCH3 is 1. The van der Waals surface area contributed by atoms with Gasteiger partial charge >= 0.3 is 0 Å². The summed E-state index contributed by atoms with van der Waals surface area (Å²) in [6.07, 6.45) is 1.69. The van der Waals surface area contributed by atoms with Gasteiger partial charge in [0, 0.05) is 17.6 Å². The van der Waals surface area contributed by atoms with Gasteiger partial charge in [0.05, 0.1) is 18.5 Å². The van der Waals surface area contributed by atoms with Crippen LogP contribution >= 0.6 is 11.6 Å². The van der Waals surface area contributed by atoms with Gasteiger partial charge in [-0.05, 0) is 17.5 Å². The summed E-state index contributed by atoms with van der Waals surface area (Å²) in [5.74, 6) is 0.746. The van der Waals surface area contributed by atoms with Crippen LogP contribution in [0, 0.1) is 0 Å². The van der Waals surface area contributed by atoms with Crippen LogP contribution in [0.4, 0.5) is 0 Å². The molecule has 0 aliphatic carbocycles. The summed E-state index contributed by atoms with van der Waals surface area (Å²) in [4.78, 5) is 8.70. The first kappa shape index (κ1) is 11.9. The van der Waals surface area contributed by atoms with E-state index < -0.39 is 0 Å². The summed E-state index contributed by atoms with van der Waals surface area (Å²) in [7, 11) is 1.62. The van der Waals surface area contributed by atoms with Crippen LogP contribution in [-0.2, 0) is 0 Å². The lowest BCUT2D eigenvalue weighted by Crippen LogP contribution is -1.91. The molecule has 3 nitrogen and oxygen atoms in total. The van der Waals surface area contributed by atoms with Crippen molar-refractivity contribution >= 4 is 22.4 Å². The van der Waals surface area contributed by atoms with E-state index in [1.165, 1.54) is 0 Å². The summed E-state index contributed by atoms with van der Waals surface area (Å²) in [6, 6.07) is 13.5. The van der Waals surface area contributed by atoms with Crippen molar-refractivity contribution in [2.75, 3.05) is 7.11 Å². The van der Waals surface area contributed by atoms with Gasteiger partial charge in [-0.2, -0.15) is 0 Å². The normalized spacial score (nSPS) is 10.6. The van der Waals surface area contributed by atoms with Crippen molar-refractivity contribution in [2.45, 2.75) is 0 Å². The molecule has 0 atom stereocenters. The minimum absolute atomic E-state index is 0.484. The summed E-state index contributed by atoms with van der Waals surface area (Å²) < 4.78 is 5.19. The van der Waals surface area contributed by atoms with Crippen LogP contribution < -0.4 is 4.74 Å². The van der Waals surface area contributed by atoms with Gasteiger partial charge in [0.2, 0.25) is 0 Å². The first-order valence-corrected chi connectivity index (χ1v) is 6.21. The number of aromatic nitrogens is 2. The zero-order valence-corrected chi connectivity index (χ0v) is 11.1. The third-order valence-electron chi connectivity index (χ3n) is 2.92. The van der Waals surface area contributed by atoms with Crippen molar-refractivity contribution in [1.82, 2.24) is 9.97 Å². The molecule has 0 unspecified atom stereocenters. The number of hydrogen-bond donors (Lipinski definition) is 0. The van der Waals surface area contributed by atoms with Crippen molar-refractivity contribution in [3.05, 3.63) is 53.8 Å². The van der Waals surface area contributed by atoms with Crippen molar-refractivity contribution in [3.63, 3.8) is 0 Å². The molecular weight excluding hydrogens is 260 g/mol. The molecule has 0 N–H and O–H groups in total. The maximum Gasteiger partial charge on any atom is 0.137 e. The van der Waals surface area contributed by atoms with Gasteiger partial charge in [0.15, 0.2) is 0 Å². The molecule has 0 bridgehead atoms. The predicted octanol–water partition coefficient (Wildman–Crippen LogP) is 3.96. The highest BCUT2D eigenvalue weighted by atomic mass is 35.5. The summed E-state index contributed by atoms with van der Waals surface area (Å²) in [5, 5.41) is 2.47. The van der Waals surface area contributed by atoms with Crippen LogP contribution in [0.5, 0.6) is 5.75 Å². The summed E-state index contributed by atoms with van der Waals surface area (Å²) in [5.41, 5.74) is 1.48. The van der Waals surface area contributed by atoms with E-state index >= 15 is 0 Å². The van der Waals surface area contributed by atoms with Crippen LogP contribution in [0.1, 0.15) is 0 Å². The first-order chi connectivity index (χ1) is 9.28. The van der Waals surface area contributed by atoms with E-state index in [-0.39, 0.29) is 0 Å². The van der Waals surface area contributed by atoms with Gasteiger partial charge < -0.3 is 4.74 Å². The second kappa shape index (κ2) is 4.86. The lowest BCUT2D eigenvalue weighted by Gasteiger charge is -2.06. The van der Waals surface area contributed by atoms with E-state index in [4.69, 9.17) is 16.3 Å². The third-order valence-corrected chi connectivity index (χ3v) is 3.21. The second-order valence-electron chi connectivity index (χ2n) is 4.10. The second-order valence-corrected chi connectivity index (χ2v) is 4.46. The highest BCUT2D eigenvalue weighted by Gasteiger charge is 2.07. The SMILES string of the molecule is COc1ccnc(-c2cc3ccccc3c(Cl)n2)c1. The molecule has 2 aromatic heterocycles. The van der Waals surface area contributed by atoms with Gasteiger partial charge in [-0.15, -0.1) is 0 Å². The minimum Gasteiger partial charge on any atom is -0.497 e. The number of hydrogen-bond acceptors (Lipinski definition) is 3. The van der Waals surface area contributed by atoms with Gasteiger partial charge in [0.25, 0.3) is 0 Å². The maximum absolute atomic E-state index is 6.22. The Hall–Kier alpha value is -2.13. The Labute approximate surface area is 115 Å². The molecule has 0 amide bonds. The minimum atomic E-state index is 0.484. The molecule has 4 heteroatoms. The molecule has 3 rings (SSSR count). The average Bonchev–Trinajstić information content (AvgIpc) is 2.47. The first-order valence-electron chi connectivity index (χ1n) is 5.83. The maximum atomic E-state index is 6.22. The zero-order chi connectivity index (χ0) is 13.2. The van der Waals surface area contributed by atoms with Crippen LogP contribution in [0.15, 0.2) is 48.7 Å². The molecule has 0 saturated carbocycles. The molecule has 2 heterocycles. The number of pyridine rings is 2. The van der Waals surface area contributed by atoms with E-state index in [2.05, 4.69) is 9.97 Å². The molecule has 0 saturated heterocycles. The molecule has 0 radical (unpaired) electrons. The molecule has 94 valence electrons. The van der Waals surface area contributed by atoms with Crippen molar-refractivity contribution in [1.29, 1.82) is 0 Å². The Kier molecular flexibility index (Phi) is 3.05. The quantitative estimate of drug-likeness (QED) is 0.661. The predicted molar refractivity (Wildman–Crippen MR) is 76.5 cm³/mol. The van der Waals surface area contributed by atoms with Crippen LogP contribution in [0.25, 0.3) is 22.2 Å². The molecule has 0 aliphatic heterocycles. The molecular formula is C15H11ClN2O. The van der Waals surface area contributed by atoms with Gasteiger partial charge in [-0.3, -0.25) is 4.98 Å². The monoisotopic (exact) mass is 270 g/mol. The van der Waals surface area contributed by atoms with E-state index in [0.717, 1.165) is 27.9 Å². The Bertz CT molecular complexity index is 743. The molecule has 19 heavy (non-hydrogen) atoms. The summed E-state index contributed by atoms with van der Waals surface area (Å²) in [6.45, 7) is 0. The fraction of sp³-hybridized carbons (Fsp3) is 0.0667.